The number of amides is 7. The molecule has 2 fully saturated rings. The number of imide groups is 2. The quantitative estimate of drug-likeness (QED) is 0.143. The molecule has 0 saturated carbocycles. The van der Waals surface area contributed by atoms with Crippen molar-refractivity contribution in [3.63, 3.8) is 0 Å². The van der Waals surface area contributed by atoms with Gasteiger partial charge in [0.25, 0.3) is 17.7 Å². The third-order valence-electron chi connectivity index (χ3n) is 9.83. The molecule has 4 aromatic rings. The molecule has 63 heavy (non-hydrogen) atoms. The van der Waals surface area contributed by atoms with E-state index in [0.29, 0.717) is 21.9 Å². The lowest BCUT2D eigenvalue weighted by atomic mass is 10.0. The van der Waals surface area contributed by atoms with E-state index in [0.717, 1.165) is 64.4 Å². The van der Waals surface area contributed by atoms with Crippen LogP contribution < -0.4 is 24.9 Å². The number of hydrogen-bond acceptors (Lipinski definition) is 8. The zero-order valence-electron chi connectivity index (χ0n) is 33.0. The molecular formula is C41H29F8N7O7. The summed E-state index contributed by atoms with van der Waals surface area (Å²) in [7, 11) is 1.31. The van der Waals surface area contributed by atoms with E-state index in [4.69, 9.17) is 15.6 Å². The average Bonchev–Trinajstić information content (AvgIpc) is 3.49. The number of halogens is 8. The molecule has 0 aliphatic carbocycles. The Morgan fingerprint density at radius 1 is 0.603 bits per heavy atom. The molecule has 0 atom stereocenters. The predicted octanol–water partition coefficient (Wildman–Crippen LogP) is 7.99. The number of urea groups is 2. The van der Waals surface area contributed by atoms with Crippen LogP contribution in [0.25, 0.3) is 0 Å². The van der Waals surface area contributed by atoms with Crippen molar-refractivity contribution in [2.24, 2.45) is 0 Å². The highest BCUT2D eigenvalue weighted by Gasteiger charge is 2.54. The molecule has 2 aliphatic heterocycles. The lowest BCUT2D eigenvalue weighted by Gasteiger charge is -2.27. The molecule has 0 aromatic heterocycles. The summed E-state index contributed by atoms with van der Waals surface area (Å²) in [5.74, 6) is -6.08. The van der Waals surface area contributed by atoms with Gasteiger partial charge < -0.3 is 10.4 Å². The zero-order valence-corrected chi connectivity index (χ0v) is 33.0. The molecular weight excluding hydrogens is 854 g/mol. The fraction of sp³-hybridized carbons (Fsp3) is 0.220. The van der Waals surface area contributed by atoms with Gasteiger partial charge in [0, 0.05) is 18.4 Å². The topological polar surface area (TPSA) is 195 Å². The van der Waals surface area contributed by atoms with E-state index < -0.39 is 104 Å². The van der Waals surface area contributed by atoms with Crippen LogP contribution >= 0.6 is 0 Å². The maximum atomic E-state index is 14.5. The zero-order chi connectivity index (χ0) is 47.3. The molecule has 2 heterocycles. The number of anilines is 4. The maximum absolute atomic E-state index is 14.5. The Kier molecular flexibility index (Phi) is 11.9. The molecule has 2 N–H and O–H groups in total. The summed E-state index contributed by atoms with van der Waals surface area (Å²) >= 11 is 0. The fourth-order valence-electron chi connectivity index (χ4n) is 6.70. The Bertz CT molecular complexity index is 2720. The first-order valence-corrected chi connectivity index (χ1v) is 17.8. The summed E-state index contributed by atoms with van der Waals surface area (Å²) < 4.78 is 109. The number of carbonyl (C=O) groups excluding carboxylic acids is 5. The molecule has 0 radical (unpaired) electrons. The van der Waals surface area contributed by atoms with E-state index in [9.17, 15) is 63.9 Å². The number of carbonyl (C=O) groups is 6. The molecule has 14 nitrogen and oxygen atoms in total. The Morgan fingerprint density at radius 2 is 0.952 bits per heavy atom. The van der Waals surface area contributed by atoms with Crippen molar-refractivity contribution < 1.29 is 69.0 Å². The van der Waals surface area contributed by atoms with Gasteiger partial charge in [0.05, 0.1) is 56.9 Å². The normalized spacial score (nSPS) is 15.8. The standard InChI is InChI=1S/C21H16F4N4O3.C20H13F4N3O4/c1-20(2)18(31)28(12-5-4-11(10-26)15(8-12)21(23,24)25)19(32)29(20)13-6-7-14(16(22)9-13)17(30)27-3;1-19(2)17(30)26(11-4-3-10(9-25)14(7-11)20(22,23)24)18(31)27(19)12-5-6-13(16(28)29)15(21)8-12/h4-9H,1-3H3,(H,27,30);3-8H,1-2H3,(H,28,29). The lowest BCUT2D eigenvalue weighted by molar-refractivity contribution is -0.138. The Hall–Kier alpha value is -7.88. The second-order valence-electron chi connectivity index (χ2n) is 14.5. The van der Waals surface area contributed by atoms with Crippen molar-refractivity contribution in [2.45, 2.75) is 51.1 Å². The van der Waals surface area contributed by atoms with Crippen LogP contribution in [0.15, 0.2) is 72.8 Å². The highest BCUT2D eigenvalue weighted by atomic mass is 19.4. The monoisotopic (exact) mass is 883 g/mol. The van der Waals surface area contributed by atoms with Crippen LogP contribution in [0.1, 0.15) is 70.7 Å². The number of carboxylic acids is 1. The molecule has 2 aliphatic rings. The van der Waals surface area contributed by atoms with Crippen molar-refractivity contribution in [1.82, 2.24) is 5.32 Å². The second kappa shape index (κ2) is 16.2. The van der Waals surface area contributed by atoms with E-state index in [1.165, 1.54) is 52.9 Å². The Morgan fingerprint density at radius 3 is 1.25 bits per heavy atom. The number of aromatic carboxylic acids is 1. The van der Waals surface area contributed by atoms with Crippen molar-refractivity contribution in [3.05, 3.63) is 118 Å². The minimum Gasteiger partial charge on any atom is -0.478 e. The third kappa shape index (κ3) is 8.17. The lowest BCUT2D eigenvalue weighted by Crippen LogP contribution is -2.44. The fourth-order valence-corrected chi connectivity index (χ4v) is 6.70. The molecule has 4 aromatic carbocycles. The summed E-state index contributed by atoms with van der Waals surface area (Å²) in [5, 5.41) is 29.1. The van der Waals surface area contributed by atoms with Gasteiger partial charge in [-0.2, -0.15) is 36.9 Å². The van der Waals surface area contributed by atoms with E-state index in [-0.39, 0.29) is 22.6 Å². The van der Waals surface area contributed by atoms with Crippen molar-refractivity contribution in [1.29, 1.82) is 10.5 Å². The number of rotatable bonds is 6. The van der Waals surface area contributed by atoms with Gasteiger partial charge in [-0.3, -0.25) is 24.2 Å². The van der Waals surface area contributed by atoms with Crippen LogP contribution in [0.4, 0.5) is 67.5 Å². The highest BCUT2D eigenvalue weighted by Crippen LogP contribution is 2.42. The van der Waals surface area contributed by atoms with Crippen molar-refractivity contribution >= 4 is 58.5 Å². The van der Waals surface area contributed by atoms with Crippen LogP contribution in [0.3, 0.4) is 0 Å². The average molecular weight is 884 g/mol. The van der Waals surface area contributed by atoms with Gasteiger partial charge in [0.2, 0.25) is 0 Å². The smallest absolute Gasteiger partial charge is 0.417 e. The van der Waals surface area contributed by atoms with Gasteiger partial charge in [-0.05, 0) is 100 Å². The summed E-state index contributed by atoms with van der Waals surface area (Å²) in [6.07, 6.45) is -9.79. The maximum Gasteiger partial charge on any atom is 0.417 e. The largest absolute Gasteiger partial charge is 0.478 e. The molecule has 0 unspecified atom stereocenters. The van der Waals surface area contributed by atoms with Crippen LogP contribution in [0, 0.1) is 34.3 Å². The van der Waals surface area contributed by atoms with E-state index in [1.807, 2.05) is 0 Å². The minimum atomic E-state index is -4.90. The summed E-state index contributed by atoms with van der Waals surface area (Å²) in [6.45, 7) is 5.33. The van der Waals surface area contributed by atoms with Crippen LogP contribution in [-0.4, -0.2) is 59.0 Å². The molecule has 6 rings (SSSR count). The number of nitriles is 2. The molecule has 7 amide bonds. The van der Waals surface area contributed by atoms with Crippen LogP contribution in [-0.2, 0) is 21.9 Å². The van der Waals surface area contributed by atoms with E-state index >= 15 is 0 Å². The summed E-state index contributed by atoms with van der Waals surface area (Å²) in [5.41, 5.74) is -9.13. The number of nitrogens with one attached hydrogen (secondary N) is 1. The summed E-state index contributed by atoms with van der Waals surface area (Å²) in [6, 6.07) is 11.7. The minimum absolute atomic E-state index is 0.0642. The molecule has 0 bridgehead atoms. The number of nitrogens with zero attached hydrogens (tertiary/aromatic N) is 6. The highest BCUT2D eigenvalue weighted by molar-refractivity contribution is 6.31. The van der Waals surface area contributed by atoms with Gasteiger partial charge in [0.15, 0.2) is 0 Å². The van der Waals surface area contributed by atoms with Gasteiger partial charge in [-0.1, -0.05) is 0 Å². The van der Waals surface area contributed by atoms with Gasteiger partial charge in [-0.15, -0.1) is 0 Å². The first-order valence-electron chi connectivity index (χ1n) is 17.8. The molecule has 326 valence electrons. The number of benzene rings is 4. The molecule has 0 spiro atoms. The first kappa shape index (κ1) is 46.2. The van der Waals surface area contributed by atoms with Crippen molar-refractivity contribution in [2.75, 3.05) is 26.6 Å². The van der Waals surface area contributed by atoms with E-state index in [1.54, 1.807) is 0 Å². The van der Waals surface area contributed by atoms with Crippen LogP contribution in [0.2, 0.25) is 0 Å². The predicted molar refractivity (Wildman–Crippen MR) is 204 cm³/mol. The third-order valence-corrected chi connectivity index (χ3v) is 9.83. The number of alkyl halides is 6. The Balaban J connectivity index is 0.000000238. The summed E-state index contributed by atoms with van der Waals surface area (Å²) in [4.78, 5) is 77.6. The molecule has 22 heteroatoms. The van der Waals surface area contributed by atoms with Crippen LogP contribution in [0.5, 0.6) is 0 Å². The SMILES string of the molecule is CC1(C)C(=O)N(c2ccc(C#N)c(C(F)(F)F)c2)C(=O)N1c1ccc(C(=O)O)c(F)c1.CNC(=O)c1ccc(N2C(=O)N(c3ccc(C#N)c(C(F)(F)F)c3)C(=O)C2(C)C)cc1F. The molecule has 2 saturated heterocycles. The van der Waals surface area contributed by atoms with E-state index in [2.05, 4.69) is 5.32 Å². The second-order valence-corrected chi connectivity index (χ2v) is 14.5. The first-order chi connectivity index (χ1) is 29.1. The number of hydrogen-bond donors (Lipinski definition) is 2. The Labute approximate surface area is 350 Å². The van der Waals surface area contributed by atoms with Gasteiger partial charge >= 0.3 is 30.4 Å². The van der Waals surface area contributed by atoms with Crippen molar-refractivity contribution in [3.8, 4) is 12.1 Å². The number of carboxylic acid groups (broad SMARTS) is 1. The van der Waals surface area contributed by atoms with Gasteiger partial charge in [0.1, 0.15) is 22.7 Å². The van der Waals surface area contributed by atoms with Gasteiger partial charge in [-0.25, -0.2) is 33.0 Å².